The van der Waals surface area contributed by atoms with Crippen LogP contribution in [0.5, 0.6) is 0 Å². The third-order valence-electron chi connectivity index (χ3n) is 5.62. The first kappa shape index (κ1) is 14.5. The Bertz CT molecular complexity index is 1200. The molecule has 0 N–H and O–H groups in total. The summed E-state index contributed by atoms with van der Waals surface area (Å²) in [6.45, 7) is 0. The summed E-state index contributed by atoms with van der Waals surface area (Å²) in [7, 11) is -1.65. The van der Waals surface area contributed by atoms with E-state index in [2.05, 4.69) is 97.1 Å². The van der Waals surface area contributed by atoms with E-state index in [1.165, 1.54) is 21.9 Å². The van der Waals surface area contributed by atoms with Crippen molar-refractivity contribution >= 4 is 47.4 Å². The van der Waals surface area contributed by atoms with Gasteiger partial charge in [-0.15, -0.1) is 0 Å². The molecule has 0 fully saturated rings. The minimum Gasteiger partial charge on any atom is -0.241 e. The molecule has 0 saturated carbocycles. The molecule has 0 spiro atoms. The summed E-state index contributed by atoms with van der Waals surface area (Å²) in [6, 6.07) is 36.5. The van der Waals surface area contributed by atoms with Gasteiger partial charge in [0.25, 0.3) is 0 Å². The molecule has 121 valence electrons. The Labute approximate surface area is 155 Å². The number of fused-ring (bicyclic) bond motifs is 6. The number of rotatable bonds is 1. The van der Waals surface area contributed by atoms with Gasteiger partial charge in [0.15, 0.2) is 0 Å². The maximum atomic E-state index is 2.39. The molecule has 0 nitrogen and oxygen atoms in total. The second-order valence-electron chi connectivity index (χ2n) is 6.93. The van der Waals surface area contributed by atoms with Gasteiger partial charge in [-0.25, -0.2) is 7.91 Å². The van der Waals surface area contributed by atoms with Crippen molar-refractivity contribution in [1.82, 2.24) is 0 Å². The summed E-state index contributed by atoms with van der Waals surface area (Å²) >= 11 is 0. The van der Waals surface area contributed by atoms with E-state index in [-0.39, 0.29) is 0 Å². The number of benzene rings is 4. The molecular weight excluding hydrogens is 344 g/mol. The average Bonchev–Trinajstić information content (AvgIpc) is 3.21. The third kappa shape index (κ3) is 1.83. The van der Waals surface area contributed by atoms with Crippen LogP contribution < -0.4 is 10.4 Å². The highest BCUT2D eigenvalue weighted by Crippen LogP contribution is 2.31. The molecule has 1 aromatic heterocycles. The smallest absolute Gasteiger partial charge is 0.0220 e. The summed E-state index contributed by atoms with van der Waals surface area (Å²) in [5.41, 5.74) is 2.94. The van der Waals surface area contributed by atoms with E-state index in [9.17, 15) is 0 Å². The first-order valence-electron chi connectivity index (χ1n) is 9.06. The summed E-state index contributed by atoms with van der Waals surface area (Å²) in [5.74, 6) is 0. The van der Waals surface area contributed by atoms with E-state index >= 15 is 0 Å². The molecule has 1 aliphatic rings. The first-order chi connectivity index (χ1) is 12.9. The lowest BCUT2D eigenvalue weighted by molar-refractivity contribution is 1.71. The van der Waals surface area contributed by atoms with Crippen LogP contribution in [0.1, 0.15) is 0 Å². The van der Waals surface area contributed by atoms with Crippen LogP contribution in [0.4, 0.5) is 0 Å². The molecule has 0 atom stereocenters. The Kier molecular flexibility index (Phi) is 3.01. The van der Waals surface area contributed by atoms with Gasteiger partial charge in [0.05, 0.1) is 0 Å². The lowest BCUT2D eigenvalue weighted by atomic mass is 10.1. The van der Waals surface area contributed by atoms with Crippen LogP contribution in [-0.4, -0.2) is 16.2 Å². The fourth-order valence-corrected chi connectivity index (χ4v) is 15.1. The van der Waals surface area contributed by atoms with E-state index in [1.54, 1.807) is 20.4 Å². The zero-order chi connectivity index (χ0) is 17.1. The van der Waals surface area contributed by atoms with Crippen LogP contribution in [-0.2, 0) is 0 Å². The number of hydrogen-bond acceptors (Lipinski definition) is 0. The average molecular weight is 361 g/mol. The van der Waals surface area contributed by atoms with Crippen molar-refractivity contribution in [1.29, 1.82) is 0 Å². The van der Waals surface area contributed by atoms with Crippen molar-refractivity contribution in [3.05, 3.63) is 97.1 Å². The molecule has 26 heavy (non-hydrogen) atoms. The van der Waals surface area contributed by atoms with Crippen LogP contribution in [0, 0.1) is 0 Å². The van der Waals surface area contributed by atoms with Gasteiger partial charge in [-0.3, -0.25) is 0 Å². The Morgan fingerprint density at radius 3 is 1.42 bits per heavy atom. The molecule has 2 heterocycles. The second kappa shape index (κ2) is 5.40. The SMILES string of the molecule is c1ccc2c(c1)-c1ccccc1[Si]2[si-]1c2ccccc2c2ccccc21. The Morgan fingerprint density at radius 2 is 0.885 bits per heavy atom. The maximum absolute atomic E-state index is 2.39. The van der Waals surface area contributed by atoms with Gasteiger partial charge >= 0.3 is 0 Å². The van der Waals surface area contributed by atoms with Crippen molar-refractivity contribution in [3.8, 4) is 11.1 Å². The molecule has 0 saturated heterocycles. The molecular formula is C24H16Si2-. The van der Waals surface area contributed by atoms with Crippen LogP contribution in [0.3, 0.4) is 0 Å². The van der Waals surface area contributed by atoms with Crippen molar-refractivity contribution in [2.24, 2.45) is 0 Å². The fourth-order valence-electron chi connectivity index (χ4n) is 4.57. The molecule has 0 bridgehead atoms. The molecule has 0 amide bonds. The normalized spacial score (nSPS) is 13.2. The highest BCUT2D eigenvalue weighted by atomic mass is 29.2. The monoisotopic (exact) mass is 360 g/mol. The predicted molar refractivity (Wildman–Crippen MR) is 115 cm³/mol. The Morgan fingerprint density at radius 1 is 0.462 bits per heavy atom. The van der Waals surface area contributed by atoms with Crippen molar-refractivity contribution in [3.63, 3.8) is 0 Å². The highest BCUT2D eigenvalue weighted by molar-refractivity contribution is 7.38. The topological polar surface area (TPSA) is 0 Å². The third-order valence-corrected chi connectivity index (χ3v) is 14.7. The van der Waals surface area contributed by atoms with Crippen molar-refractivity contribution < 1.29 is 0 Å². The lowest BCUT2D eigenvalue weighted by Crippen LogP contribution is -2.45. The molecule has 1 aliphatic heterocycles. The van der Waals surface area contributed by atoms with Crippen molar-refractivity contribution in [2.45, 2.75) is 0 Å². The van der Waals surface area contributed by atoms with Crippen LogP contribution in [0.25, 0.3) is 31.9 Å². The highest BCUT2D eigenvalue weighted by Gasteiger charge is 2.25. The summed E-state index contributed by atoms with van der Waals surface area (Å²) in [6.07, 6.45) is 0. The Balaban J connectivity index is 1.79. The first-order valence-corrected chi connectivity index (χ1v) is 13.1. The molecule has 6 rings (SSSR count). The van der Waals surface area contributed by atoms with Gasteiger partial charge in [0, 0.05) is 0 Å². The number of hydrogen-bond donors (Lipinski definition) is 0. The van der Waals surface area contributed by atoms with E-state index < -0.39 is 16.2 Å². The predicted octanol–water partition coefficient (Wildman–Crippen LogP) is 4.37. The molecule has 5 aromatic rings. The van der Waals surface area contributed by atoms with Crippen molar-refractivity contribution in [2.75, 3.05) is 0 Å². The minimum absolute atomic E-state index is 0.825. The summed E-state index contributed by atoms with van der Waals surface area (Å²) in [4.78, 5) is 3.22. The van der Waals surface area contributed by atoms with Gasteiger partial charge in [0.2, 0.25) is 0 Å². The summed E-state index contributed by atoms with van der Waals surface area (Å²) < 4.78 is 0. The van der Waals surface area contributed by atoms with Gasteiger partial charge in [-0.2, -0.15) is 9.99 Å². The maximum Gasteiger partial charge on any atom is -0.0220 e. The summed E-state index contributed by atoms with van der Waals surface area (Å²) in [5, 5.41) is 6.16. The van der Waals surface area contributed by atoms with E-state index in [4.69, 9.17) is 0 Å². The fraction of sp³-hybridized carbons (Fsp3) is 0. The standard InChI is InChI=1S/C24H16Si2/c1-5-13-21-17(9-1)18-10-2-6-14-22(18)25(21)26-23-15-7-3-11-19(23)20-12-4-8-16-24(20)26/h1-16H/q-1. The van der Waals surface area contributed by atoms with Crippen LogP contribution in [0.15, 0.2) is 97.1 Å². The molecule has 0 aliphatic carbocycles. The van der Waals surface area contributed by atoms with Crippen LogP contribution in [0.2, 0.25) is 0 Å². The quantitative estimate of drug-likeness (QED) is 0.382. The van der Waals surface area contributed by atoms with Gasteiger partial charge < -0.3 is 0 Å². The van der Waals surface area contributed by atoms with E-state index in [0.717, 1.165) is 0 Å². The zero-order valence-electron chi connectivity index (χ0n) is 14.2. The Hall–Kier alpha value is -2.69. The molecule has 0 unspecified atom stereocenters. The minimum atomic E-state index is -0.825. The molecule has 1 radical (unpaired) electrons. The van der Waals surface area contributed by atoms with Gasteiger partial charge in [0.1, 0.15) is 0 Å². The van der Waals surface area contributed by atoms with Gasteiger partial charge in [-0.05, 0) is 19.4 Å². The van der Waals surface area contributed by atoms with E-state index in [0.29, 0.717) is 0 Å². The van der Waals surface area contributed by atoms with E-state index in [1.807, 2.05) is 0 Å². The van der Waals surface area contributed by atoms with Crippen LogP contribution >= 0.6 is 0 Å². The molecule has 2 heteroatoms. The largest absolute Gasteiger partial charge is 0.241 e. The molecule has 4 aromatic carbocycles. The lowest BCUT2D eigenvalue weighted by Gasteiger charge is -2.25. The van der Waals surface area contributed by atoms with Gasteiger partial charge in [-0.1, -0.05) is 118 Å². The second-order valence-corrected chi connectivity index (χ2v) is 13.6. The zero-order valence-corrected chi connectivity index (χ0v) is 16.2.